The van der Waals surface area contributed by atoms with Gasteiger partial charge >= 0.3 is 0 Å². The highest BCUT2D eigenvalue weighted by atomic mass is 16.6. The van der Waals surface area contributed by atoms with E-state index in [0.717, 1.165) is 5.56 Å². The second kappa shape index (κ2) is 6.88. The molecule has 1 aromatic rings. The van der Waals surface area contributed by atoms with Gasteiger partial charge in [0.15, 0.2) is 0 Å². The van der Waals surface area contributed by atoms with Crippen LogP contribution in [0.25, 0.3) is 10.4 Å². The Hall–Kier alpha value is -2.12. The van der Waals surface area contributed by atoms with Gasteiger partial charge in [-0.15, -0.1) is 0 Å². The molecule has 8 heteroatoms. The number of hydroxylamine groups is 1. The Morgan fingerprint density at radius 3 is 3.00 bits per heavy atom. The first kappa shape index (κ1) is 14.3. The van der Waals surface area contributed by atoms with E-state index in [-0.39, 0.29) is 13.2 Å². The third-order valence-electron chi connectivity index (χ3n) is 3.02. The second-order valence-electron chi connectivity index (χ2n) is 4.39. The molecule has 1 amide bonds. The highest BCUT2D eigenvalue weighted by Crippen LogP contribution is 2.12. The van der Waals surface area contributed by atoms with Crippen LogP contribution in [-0.4, -0.2) is 35.7 Å². The topological polar surface area (TPSA) is 119 Å². The van der Waals surface area contributed by atoms with Gasteiger partial charge in [-0.05, 0) is 11.1 Å². The summed E-state index contributed by atoms with van der Waals surface area (Å²) in [5.41, 5.74) is 11.5. The normalized spacial score (nSPS) is 24.9. The molecule has 1 aliphatic rings. The molecule has 0 saturated carbocycles. The Labute approximate surface area is 115 Å². The molecule has 0 spiro atoms. The highest BCUT2D eigenvalue weighted by Gasteiger charge is 2.38. The quantitative estimate of drug-likeness (QED) is 0.309. The zero-order valence-corrected chi connectivity index (χ0v) is 10.6. The van der Waals surface area contributed by atoms with Crippen molar-refractivity contribution >= 4 is 5.91 Å². The summed E-state index contributed by atoms with van der Waals surface area (Å²) in [5.74, 6) is -0.496. The van der Waals surface area contributed by atoms with Crippen LogP contribution in [-0.2, 0) is 16.2 Å². The Kier molecular flexibility index (Phi) is 4.91. The number of carbonyl (C=O) groups is 1. The molecule has 0 aliphatic carbocycles. The molecule has 20 heavy (non-hydrogen) atoms. The van der Waals surface area contributed by atoms with Crippen LogP contribution in [0.3, 0.4) is 0 Å². The summed E-state index contributed by atoms with van der Waals surface area (Å²) in [5, 5.41) is 16.0. The Morgan fingerprint density at radius 2 is 2.30 bits per heavy atom. The number of amides is 1. The maximum atomic E-state index is 11.8. The number of carbonyl (C=O) groups excluding carboxylic acids is 1. The first-order valence-electron chi connectivity index (χ1n) is 6.13. The second-order valence-corrected chi connectivity index (χ2v) is 4.39. The zero-order chi connectivity index (χ0) is 14.4. The predicted molar refractivity (Wildman–Crippen MR) is 70.1 cm³/mol. The SMILES string of the molecule is [N-]=[N+]=N[C@H]1CN[C@H](C(=O)NOCc2ccccc2)[C@@H]1O. The van der Waals surface area contributed by atoms with Crippen molar-refractivity contribution in [3.8, 4) is 0 Å². The van der Waals surface area contributed by atoms with E-state index in [0.29, 0.717) is 0 Å². The van der Waals surface area contributed by atoms with Crippen LogP contribution < -0.4 is 10.8 Å². The van der Waals surface area contributed by atoms with E-state index in [4.69, 9.17) is 10.4 Å². The fourth-order valence-electron chi connectivity index (χ4n) is 1.96. The average Bonchev–Trinajstić information content (AvgIpc) is 2.82. The summed E-state index contributed by atoms with van der Waals surface area (Å²) >= 11 is 0. The smallest absolute Gasteiger partial charge is 0.263 e. The van der Waals surface area contributed by atoms with Crippen molar-refractivity contribution in [2.75, 3.05) is 6.54 Å². The molecule has 0 radical (unpaired) electrons. The van der Waals surface area contributed by atoms with Crippen LogP contribution in [0.2, 0.25) is 0 Å². The van der Waals surface area contributed by atoms with Gasteiger partial charge < -0.3 is 10.4 Å². The van der Waals surface area contributed by atoms with Gasteiger partial charge in [0, 0.05) is 11.5 Å². The van der Waals surface area contributed by atoms with E-state index in [1.165, 1.54) is 0 Å². The molecule has 1 saturated heterocycles. The van der Waals surface area contributed by atoms with E-state index >= 15 is 0 Å². The van der Waals surface area contributed by atoms with Gasteiger partial charge in [0.05, 0.1) is 18.8 Å². The zero-order valence-electron chi connectivity index (χ0n) is 10.6. The first-order valence-corrected chi connectivity index (χ1v) is 6.13. The molecule has 0 unspecified atom stereocenters. The molecule has 1 aliphatic heterocycles. The molecule has 1 fully saturated rings. The summed E-state index contributed by atoms with van der Waals surface area (Å²) in [6.45, 7) is 0.483. The van der Waals surface area contributed by atoms with Crippen molar-refractivity contribution in [3.05, 3.63) is 46.3 Å². The molecule has 8 nitrogen and oxygen atoms in total. The van der Waals surface area contributed by atoms with Gasteiger partial charge in [-0.25, -0.2) is 5.48 Å². The number of nitrogens with zero attached hydrogens (tertiary/aromatic N) is 3. The Bertz CT molecular complexity index is 503. The third kappa shape index (κ3) is 3.46. The molecule has 1 aromatic carbocycles. The van der Waals surface area contributed by atoms with Gasteiger partial charge in [-0.3, -0.25) is 9.63 Å². The van der Waals surface area contributed by atoms with Crippen LogP contribution in [0.1, 0.15) is 5.56 Å². The number of azide groups is 1. The molecule has 1 heterocycles. The van der Waals surface area contributed by atoms with E-state index < -0.39 is 24.1 Å². The van der Waals surface area contributed by atoms with Crippen LogP contribution in [0.4, 0.5) is 0 Å². The Balaban J connectivity index is 1.79. The lowest BCUT2D eigenvalue weighted by Gasteiger charge is -2.15. The van der Waals surface area contributed by atoms with Crippen LogP contribution in [0.15, 0.2) is 35.4 Å². The van der Waals surface area contributed by atoms with Crippen LogP contribution in [0.5, 0.6) is 0 Å². The van der Waals surface area contributed by atoms with Gasteiger partial charge in [0.2, 0.25) is 0 Å². The standard InChI is InChI=1S/C12H15N5O3/c13-17-15-9-6-14-10(11(9)18)12(19)16-20-7-8-4-2-1-3-5-8/h1-5,9-11,14,18H,6-7H2,(H,16,19)/t9-,10-,11+/m0/s1. The molecular weight excluding hydrogens is 262 g/mol. The van der Waals surface area contributed by atoms with E-state index in [9.17, 15) is 9.90 Å². The van der Waals surface area contributed by atoms with Crippen LogP contribution in [0, 0.1) is 0 Å². The number of aliphatic hydroxyl groups is 1. The first-order chi connectivity index (χ1) is 9.72. The van der Waals surface area contributed by atoms with Gasteiger partial charge in [-0.2, -0.15) is 0 Å². The summed E-state index contributed by atoms with van der Waals surface area (Å²) in [6.07, 6.45) is -1.06. The summed E-state index contributed by atoms with van der Waals surface area (Å²) < 4.78 is 0. The lowest BCUT2D eigenvalue weighted by Crippen LogP contribution is -2.46. The number of benzene rings is 1. The maximum absolute atomic E-state index is 11.8. The summed E-state index contributed by atoms with van der Waals surface area (Å²) in [4.78, 5) is 19.5. The van der Waals surface area contributed by atoms with E-state index in [1.54, 1.807) is 0 Å². The molecule has 0 aromatic heterocycles. The molecule has 3 atom stereocenters. The van der Waals surface area contributed by atoms with Crippen molar-refractivity contribution < 1.29 is 14.7 Å². The van der Waals surface area contributed by atoms with Crippen molar-refractivity contribution in [2.45, 2.75) is 24.8 Å². The van der Waals surface area contributed by atoms with E-state index in [1.807, 2.05) is 30.3 Å². The number of hydrogen-bond acceptors (Lipinski definition) is 5. The molecule has 3 N–H and O–H groups in total. The summed E-state index contributed by atoms with van der Waals surface area (Å²) in [6, 6.07) is 7.86. The minimum atomic E-state index is -1.06. The van der Waals surface area contributed by atoms with Crippen LogP contribution >= 0.6 is 0 Å². The third-order valence-corrected chi connectivity index (χ3v) is 3.02. The fourth-order valence-corrected chi connectivity index (χ4v) is 1.96. The highest BCUT2D eigenvalue weighted by molar-refractivity contribution is 5.82. The number of rotatable bonds is 5. The van der Waals surface area contributed by atoms with Crippen molar-refractivity contribution in [1.82, 2.24) is 10.8 Å². The van der Waals surface area contributed by atoms with Crippen molar-refractivity contribution in [1.29, 1.82) is 0 Å². The predicted octanol–water partition coefficient (Wildman–Crippen LogP) is 0.246. The number of aliphatic hydroxyl groups excluding tert-OH is 1. The number of hydrogen-bond donors (Lipinski definition) is 3. The maximum Gasteiger partial charge on any atom is 0.263 e. The van der Waals surface area contributed by atoms with Crippen molar-refractivity contribution in [3.63, 3.8) is 0 Å². The minimum absolute atomic E-state index is 0.231. The van der Waals surface area contributed by atoms with Gasteiger partial charge in [-0.1, -0.05) is 35.4 Å². The van der Waals surface area contributed by atoms with Gasteiger partial charge in [0.1, 0.15) is 6.04 Å². The number of nitrogens with one attached hydrogen (secondary N) is 2. The molecule has 2 rings (SSSR count). The monoisotopic (exact) mass is 277 g/mol. The Morgan fingerprint density at radius 1 is 1.55 bits per heavy atom. The molecule has 0 bridgehead atoms. The summed E-state index contributed by atoms with van der Waals surface area (Å²) in [7, 11) is 0. The van der Waals surface area contributed by atoms with E-state index in [2.05, 4.69) is 20.8 Å². The lowest BCUT2D eigenvalue weighted by atomic mass is 10.1. The van der Waals surface area contributed by atoms with Crippen molar-refractivity contribution in [2.24, 2.45) is 5.11 Å². The molecule has 106 valence electrons. The van der Waals surface area contributed by atoms with Gasteiger partial charge in [0.25, 0.3) is 5.91 Å². The average molecular weight is 277 g/mol. The lowest BCUT2D eigenvalue weighted by molar-refractivity contribution is -0.138. The fraction of sp³-hybridized carbons (Fsp3) is 0.417. The minimum Gasteiger partial charge on any atom is -0.390 e. The largest absolute Gasteiger partial charge is 0.390 e. The molecular formula is C12H15N5O3.